The van der Waals surface area contributed by atoms with Crippen LogP contribution in [0.2, 0.25) is 0 Å². The van der Waals surface area contributed by atoms with Gasteiger partial charge < -0.3 is 20.1 Å². The van der Waals surface area contributed by atoms with Crippen LogP contribution in [0, 0.1) is 0 Å². The minimum Gasteiger partial charge on any atom is -0.394 e. The number of ether oxygens (including phenoxy) is 1. The van der Waals surface area contributed by atoms with E-state index in [1.807, 2.05) is 6.92 Å². The highest BCUT2D eigenvalue weighted by molar-refractivity contribution is 5.99. The standard InChI is InChI=1S/C11H19N3O6/c1-2-3-5-9(18)12-11(19)14(13-5)10-8(17)7(16)6(4-15)20-10/h5-8,10,13,15-17H,2-4H2,1H3,(H,12,18,19)/t5?,6-,7-,8-,10-/m1/s1. The zero-order valence-electron chi connectivity index (χ0n) is 11.0. The number of hydrazine groups is 1. The number of carbonyl (C=O) groups is 2. The number of nitrogens with zero attached hydrogens (tertiary/aromatic N) is 1. The van der Waals surface area contributed by atoms with Crippen LogP contribution < -0.4 is 10.7 Å². The molecule has 2 aliphatic rings. The quantitative estimate of drug-likeness (QED) is 0.391. The predicted octanol–water partition coefficient (Wildman–Crippen LogP) is -2.35. The molecule has 0 aliphatic carbocycles. The zero-order chi connectivity index (χ0) is 14.9. The van der Waals surface area contributed by atoms with Gasteiger partial charge in [0.05, 0.1) is 6.61 Å². The molecule has 3 amide bonds. The molecule has 1 unspecified atom stereocenters. The van der Waals surface area contributed by atoms with Crippen molar-refractivity contribution >= 4 is 11.9 Å². The first kappa shape index (κ1) is 15.1. The number of nitrogens with one attached hydrogen (secondary N) is 2. The molecule has 2 aliphatic heterocycles. The van der Waals surface area contributed by atoms with E-state index < -0.39 is 49.1 Å². The third-order valence-corrected chi connectivity index (χ3v) is 3.41. The maximum atomic E-state index is 11.8. The zero-order valence-corrected chi connectivity index (χ0v) is 11.0. The lowest BCUT2D eigenvalue weighted by atomic mass is 10.1. The Bertz CT molecular complexity index is 392. The van der Waals surface area contributed by atoms with E-state index in [1.54, 1.807) is 0 Å². The van der Waals surface area contributed by atoms with Gasteiger partial charge in [0.15, 0.2) is 6.23 Å². The van der Waals surface area contributed by atoms with E-state index in [4.69, 9.17) is 9.84 Å². The molecule has 9 heteroatoms. The summed E-state index contributed by atoms with van der Waals surface area (Å²) in [5.41, 5.74) is 2.69. The van der Waals surface area contributed by atoms with Gasteiger partial charge in [-0.3, -0.25) is 10.1 Å². The van der Waals surface area contributed by atoms with Crippen LogP contribution in [0.25, 0.3) is 0 Å². The Labute approximate surface area is 115 Å². The lowest BCUT2D eigenvalue weighted by Gasteiger charge is -2.37. The fraction of sp³-hybridized carbons (Fsp3) is 0.818. The molecule has 20 heavy (non-hydrogen) atoms. The van der Waals surface area contributed by atoms with E-state index in [2.05, 4.69) is 10.7 Å². The molecule has 0 aromatic heterocycles. The molecule has 114 valence electrons. The molecule has 2 heterocycles. The minimum atomic E-state index is -1.37. The summed E-state index contributed by atoms with van der Waals surface area (Å²) in [5, 5.41) is 31.7. The third-order valence-electron chi connectivity index (χ3n) is 3.41. The van der Waals surface area contributed by atoms with Crippen molar-refractivity contribution in [1.82, 2.24) is 15.8 Å². The van der Waals surface area contributed by atoms with Gasteiger partial charge >= 0.3 is 6.03 Å². The average Bonchev–Trinajstić information content (AvgIpc) is 2.70. The number of rotatable bonds is 4. The Kier molecular flexibility index (Phi) is 4.55. The molecule has 2 fully saturated rings. The number of carbonyl (C=O) groups excluding carboxylic acids is 2. The summed E-state index contributed by atoms with van der Waals surface area (Å²) < 4.78 is 5.25. The first-order valence-corrected chi connectivity index (χ1v) is 6.52. The summed E-state index contributed by atoms with van der Waals surface area (Å²) >= 11 is 0. The van der Waals surface area contributed by atoms with Gasteiger partial charge in [-0.25, -0.2) is 15.2 Å². The molecule has 2 rings (SSSR count). The van der Waals surface area contributed by atoms with Gasteiger partial charge in [0.2, 0.25) is 5.91 Å². The van der Waals surface area contributed by atoms with Crippen molar-refractivity contribution in [2.24, 2.45) is 0 Å². The number of aliphatic hydroxyl groups is 3. The fourth-order valence-electron chi connectivity index (χ4n) is 2.30. The molecule has 0 saturated carbocycles. The van der Waals surface area contributed by atoms with Gasteiger partial charge in [-0.15, -0.1) is 0 Å². The average molecular weight is 289 g/mol. The molecule has 0 aromatic rings. The Morgan fingerprint density at radius 3 is 2.55 bits per heavy atom. The molecule has 2 saturated heterocycles. The normalized spacial score (nSPS) is 38.2. The van der Waals surface area contributed by atoms with Crippen LogP contribution in [0.5, 0.6) is 0 Å². The Morgan fingerprint density at radius 2 is 2.00 bits per heavy atom. The summed E-state index contributed by atoms with van der Waals surface area (Å²) in [6.45, 7) is 1.41. The number of hydrogen-bond acceptors (Lipinski definition) is 7. The van der Waals surface area contributed by atoms with Crippen LogP contribution >= 0.6 is 0 Å². The van der Waals surface area contributed by atoms with Crippen molar-refractivity contribution in [3.63, 3.8) is 0 Å². The smallest absolute Gasteiger partial charge is 0.340 e. The molecular weight excluding hydrogens is 270 g/mol. The van der Waals surface area contributed by atoms with Crippen molar-refractivity contribution in [2.45, 2.75) is 50.3 Å². The lowest BCUT2D eigenvalue weighted by molar-refractivity contribution is -0.135. The van der Waals surface area contributed by atoms with Crippen LogP contribution in [0.4, 0.5) is 4.79 Å². The highest BCUT2D eigenvalue weighted by Gasteiger charge is 2.49. The minimum absolute atomic E-state index is 0.445. The van der Waals surface area contributed by atoms with E-state index in [0.29, 0.717) is 6.42 Å². The highest BCUT2D eigenvalue weighted by atomic mass is 16.6. The van der Waals surface area contributed by atoms with Crippen LogP contribution in [-0.2, 0) is 9.53 Å². The molecule has 0 aromatic carbocycles. The van der Waals surface area contributed by atoms with Gasteiger partial charge in [0, 0.05) is 0 Å². The molecule has 0 spiro atoms. The summed E-state index contributed by atoms with van der Waals surface area (Å²) in [6, 6.07) is -1.38. The Balaban J connectivity index is 2.11. The van der Waals surface area contributed by atoms with Crippen LogP contribution in [-0.4, -0.2) is 69.5 Å². The van der Waals surface area contributed by atoms with E-state index in [1.165, 1.54) is 0 Å². The monoisotopic (exact) mass is 289 g/mol. The topological polar surface area (TPSA) is 131 Å². The number of imide groups is 1. The number of aliphatic hydroxyl groups excluding tert-OH is 3. The number of hydrogen-bond donors (Lipinski definition) is 5. The summed E-state index contributed by atoms with van der Waals surface area (Å²) in [4.78, 5) is 23.4. The largest absolute Gasteiger partial charge is 0.394 e. The van der Waals surface area contributed by atoms with Gasteiger partial charge in [0.1, 0.15) is 24.4 Å². The van der Waals surface area contributed by atoms with Crippen molar-refractivity contribution in [3.05, 3.63) is 0 Å². The second-order valence-corrected chi connectivity index (χ2v) is 4.86. The van der Waals surface area contributed by atoms with Crippen LogP contribution in [0.3, 0.4) is 0 Å². The van der Waals surface area contributed by atoms with Crippen molar-refractivity contribution < 1.29 is 29.6 Å². The molecule has 5 N–H and O–H groups in total. The van der Waals surface area contributed by atoms with Crippen molar-refractivity contribution in [3.8, 4) is 0 Å². The van der Waals surface area contributed by atoms with E-state index in [-0.39, 0.29) is 0 Å². The lowest BCUT2D eigenvalue weighted by Crippen LogP contribution is -2.68. The first-order chi connectivity index (χ1) is 9.49. The molecule has 0 radical (unpaired) electrons. The fourth-order valence-corrected chi connectivity index (χ4v) is 2.30. The molecular formula is C11H19N3O6. The molecule has 5 atom stereocenters. The SMILES string of the molecule is CCCC1NN([C@@H]2O[C@H](CO)[C@@H](O)[C@H]2O)C(=O)NC1=O. The van der Waals surface area contributed by atoms with Gasteiger partial charge in [-0.05, 0) is 6.42 Å². The van der Waals surface area contributed by atoms with E-state index in [0.717, 1.165) is 11.4 Å². The molecule has 9 nitrogen and oxygen atoms in total. The number of urea groups is 1. The second-order valence-electron chi connectivity index (χ2n) is 4.86. The van der Waals surface area contributed by atoms with Crippen LogP contribution in [0.15, 0.2) is 0 Å². The Morgan fingerprint density at radius 1 is 1.30 bits per heavy atom. The summed E-state index contributed by atoms with van der Waals surface area (Å²) in [5.74, 6) is -0.445. The van der Waals surface area contributed by atoms with E-state index in [9.17, 15) is 19.8 Å². The highest BCUT2D eigenvalue weighted by Crippen LogP contribution is 2.24. The van der Waals surface area contributed by atoms with E-state index >= 15 is 0 Å². The molecule has 0 bridgehead atoms. The van der Waals surface area contributed by atoms with Crippen molar-refractivity contribution in [1.29, 1.82) is 0 Å². The van der Waals surface area contributed by atoms with Gasteiger partial charge in [-0.1, -0.05) is 13.3 Å². The third kappa shape index (κ3) is 2.63. The Hall–Kier alpha value is -1.26. The first-order valence-electron chi connectivity index (χ1n) is 6.52. The summed E-state index contributed by atoms with van der Waals surface area (Å²) in [7, 11) is 0. The maximum absolute atomic E-state index is 11.8. The second kappa shape index (κ2) is 6.02. The van der Waals surface area contributed by atoms with Gasteiger partial charge in [0.25, 0.3) is 0 Å². The van der Waals surface area contributed by atoms with Crippen molar-refractivity contribution in [2.75, 3.05) is 6.61 Å². The van der Waals surface area contributed by atoms with Crippen LogP contribution in [0.1, 0.15) is 19.8 Å². The maximum Gasteiger partial charge on any atom is 0.340 e. The van der Waals surface area contributed by atoms with Gasteiger partial charge in [-0.2, -0.15) is 0 Å². The predicted molar refractivity (Wildman–Crippen MR) is 65.0 cm³/mol. The summed E-state index contributed by atoms with van der Waals surface area (Å²) in [6.07, 6.45) is -3.60. The number of amides is 3.